The number of esters is 1. The quantitative estimate of drug-likeness (QED) is 0.728. The lowest BCUT2D eigenvalue weighted by atomic mass is 9.96. The smallest absolute Gasteiger partial charge is 0.360 e. The van der Waals surface area contributed by atoms with E-state index in [9.17, 15) is 9.59 Å². The fourth-order valence-corrected chi connectivity index (χ4v) is 4.11. The molecule has 27 heavy (non-hydrogen) atoms. The Hall–Kier alpha value is -2.20. The first-order chi connectivity index (χ1) is 13.2. The number of hydrogen-bond acceptors (Lipinski definition) is 7. The predicted molar refractivity (Wildman–Crippen MR) is 92.2 cm³/mol. The van der Waals surface area contributed by atoms with E-state index in [4.69, 9.17) is 9.47 Å². The van der Waals surface area contributed by atoms with Gasteiger partial charge < -0.3 is 24.8 Å². The molecular weight excluding hydrogens is 354 g/mol. The van der Waals surface area contributed by atoms with Gasteiger partial charge in [-0.3, -0.25) is 0 Å². The Morgan fingerprint density at radius 3 is 2.70 bits per heavy atom. The molecule has 0 aromatic carbocycles. The minimum Gasteiger partial charge on any atom is -0.464 e. The number of aromatic nitrogens is 3. The molecule has 0 radical (unpaired) electrons. The summed E-state index contributed by atoms with van der Waals surface area (Å²) in [5, 5.41) is 13.9. The molecule has 1 saturated carbocycles. The second-order valence-electron chi connectivity index (χ2n) is 7.30. The number of hydrogen-bond donors (Lipinski definition) is 2. The van der Waals surface area contributed by atoms with Crippen molar-refractivity contribution in [2.45, 2.75) is 62.4 Å². The number of nitrogens with zero attached hydrogens (tertiary/aromatic N) is 3. The zero-order chi connectivity index (χ0) is 18.8. The molecule has 148 valence electrons. The highest BCUT2D eigenvalue weighted by Gasteiger charge is 2.49. The number of carbonyl (C=O) groups is 2. The second-order valence-corrected chi connectivity index (χ2v) is 7.30. The second kappa shape index (κ2) is 7.81. The van der Waals surface area contributed by atoms with Gasteiger partial charge in [-0.15, -0.1) is 5.10 Å². The normalized spacial score (nSPS) is 30.7. The number of urea groups is 1. The summed E-state index contributed by atoms with van der Waals surface area (Å²) in [6.07, 6.45) is 6.67. The van der Waals surface area contributed by atoms with E-state index in [-0.39, 0.29) is 42.1 Å². The monoisotopic (exact) mass is 379 g/mol. The number of carbonyl (C=O) groups excluding carboxylic acids is 2. The Morgan fingerprint density at radius 2 is 1.93 bits per heavy atom. The summed E-state index contributed by atoms with van der Waals surface area (Å²) in [5.41, 5.74) is 0.139. The number of methoxy groups -OCH3 is 1. The van der Waals surface area contributed by atoms with Crippen molar-refractivity contribution in [3.63, 3.8) is 0 Å². The molecule has 0 unspecified atom stereocenters. The van der Waals surface area contributed by atoms with Gasteiger partial charge in [0.25, 0.3) is 0 Å². The summed E-state index contributed by atoms with van der Waals surface area (Å²) >= 11 is 0. The van der Waals surface area contributed by atoms with E-state index in [1.54, 1.807) is 4.68 Å². The summed E-state index contributed by atoms with van der Waals surface area (Å²) in [7, 11) is 1.30. The topological polar surface area (TPSA) is 117 Å². The lowest BCUT2D eigenvalue weighted by Crippen LogP contribution is -2.50. The van der Waals surface area contributed by atoms with Crippen molar-refractivity contribution < 1.29 is 23.8 Å². The highest BCUT2D eigenvalue weighted by atomic mass is 16.6. The zero-order valence-electron chi connectivity index (χ0n) is 15.3. The van der Waals surface area contributed by atoms with Gasteiger partial charge in [0.15, 0.2) is 5.69 Å². The molecular formula is C17H25N5O5. The van der Waals surface area contributed by atoms with Crippen molar-refractivity contribution in [3.8, 4) is 0 Å². The van der Waals surface area contributed by atoms with E-state index < -0.39 is 5.97 Å². The summed E-state index contributed by atoms with van der Waals surface area (Å²) in [6, 6.07) is -0.334. The van der Waals surface area contributed by atoms with Crippen LogP contribution >= 0.6 is 0 Å². The number of nitrogens with one attached hydrogen (secondary N) is 2. The van der Waals surface area contributed by atoms with Gasteiger partial charge in [-0.25, -0.2) is 14.3 Å². The molecule has 1 aromatic rings. The molecule has 4 rings (SSSR count). The van der Waals surface area contributed by atoms with Crippen LogP contribution in [0.2, 0.25) is 0 Å². The molecule has 3 fully saturated rings. The average molecular weight is 379 g/mol. The largest absolute Gasteiger partial charge is 0.464 e. The van der Waals surface area contributed by atoms with Gasteiger partial charge in [0.05, 0.1) is 32.6 Å². The molecule has 0 bridgehead atoms. The highest BCUT2D eigenvalue weighted by molar-refractivity contribution is 5.86. The molecule has 10 nitrogen and oxygen atoms in total. The van der Waals surface area contributed by atoms with Gasteiger partial charge in [-0.1, -0.05) is 24.5 Å². The van der Waals surface area contributed by atoms with E-state index in [1.165, 1.54) is 32.6 Å². The van der Waals surface area contributed by atoms with Crippen LogP contribution in [0.4, 0.5) is 4.79 Å². The maximum absolute atomic E-state index is 12.3. The van der Waals surface area contributed by atoms with Gasteiger partial charge >= 0.3 is 12.0 Å². The Balaban J connectivity index is 1.33. The number of fused-ring (bicyclic) bond motifs is 1. The van der Waals surface area contributed by atoms with Crippen LogP contribution in [0.3, 0.4) is 0 Å². The molecule has 1 aliphatic carbocycles. The van der Waals surface area contributed by atoms with Crippen molar-refractivity contribution >= 4 is 12.0 Å². The maximum Gasteiger partial charge on any atom is 0.360 e. The summed E-state index contributed by atoms with van der Waals surface area (Å²) < 4.78 is 18.0. The van der Waals surface area contributed by atoms with Gasteiger partial charge in [0.2, 0.25) is 0 Å². The Kier molecular flexibility index (Phi) is 5.26. The Labute approximate surface area is 156 Å². The molecule has 2 aliphatic heterocycles. The minimum absolute atomic E-state index is 0.139. The van der Waals surface area contributed by atoms with Crippen molar-refractivity contribution in [2.24, 2.45) is 0 Å². The lowest BCUT2D eigenvalue weighted by Gasteiger charge is -2.24. The van der Waals surface area contributed by atoms with Crippen molar-refractivity contribution in [2.75, 3.05) is 20.3 Å². The molecule has 10 heteroatoms. The summed E-state index contributed by atoms with van der Waals surface area (Å²) in [6.45, 7) is 0.754. The SMILES string of the molecule is COC(=O)c1cn([C@@H]2CO[C@@H]3[C@@H]2OC[C@@H]3NC(=O)NC2CCCCC2)nn1. The van der Waals surface area contributed by atoms with Crippen molar-refractivity contribution in [1.82, 2.24) is 25.6 Å². The average Bonchev–Trinajstić information content (AvgIpc) is 3.39. The molecule has 1 aromatic heterocycles. The van der Waals surface area contributed by atoms with Crippen LogP contribution in [0.15, 0.2) is 6.20 Å². The number of amides is 2. The molecule has 4 atom stereocenters. The van der Waals surface area contributed by atoms with Crippen LogP contribution in [0.1, 0.15) is 48.6 Å². The van der Waals surface area contributed by atoms with Crippen molar-refractivity contribution in [1.29, 1.82) is 0 Å². The highest BCUT2D eigenvalue weighted by Crippen LogP contribution is 2.34. The van der Waals surface area contributed by atoms with E-state index in [2.05, 4.69) is 25.7 Å². The van der Waals surface area contributed by atoms with E-state index in [1.807, 2.05) is 0 Å². The Bertz CT molecular complexity index is 689. The lowest BCUT2D eigenvalue weighted by molar-refractivity contribution is 0.0592. The Morgan fingerprint density at radius 1 is 1.15 bits per heavy atom. The predicted octanol–water partition coefficient (Wildman–Crippen LogP) is 0.404. The zero-order valence-corrected chi connectivity index (χ0v) is 15.3. The third-order valence-electron chi connectivity index (χ3n) is 5.53. The molecule has 3 aliphatic rings. The molecule has 2 saturated heterocycles. The molecule has 0 spiro atoms. The van der Waals surface area contributed by atoms with Gasteiger partial charge in [0, 0.05) is 6.04 Å². The van der Waals surface area contributed by atoms with E-state index in [0.717, 1.165) is 12.8 Å². The standard InChI is InChI=1S/C17H25N5O5/c1-25-16(23)11-7-22(21-20-11)13-9-27-14-12(8-26-15(13)14)19-17(24)18-10-5-3-2-4-6-10/h7,10,12-15H,2-6,8-9H2,1H3,(H2,18,19,24)/t12-,13+,14-,15+/m0/s1. The van der Waals surface area contributed by atoms with Crippen LogP contribution in [0, 0.1) is 0 Å². The van der Waals surface area contributed by atoms with E-state index >= 15 is 0 Å². The first-order valence-corrected chi connectivity index (χ1v) is 9.46. The first-order valence-electron chi connectivity index (χ1n) is 9.46. The number of ether oxygens (including phenoxy) is 3. The van der Waals surface area contributed by atoms with Crippen LogP contribution < -0.4 is 10.6 Å². The van der Waals surface area contributed by atoms with Gasteiger partial charge in [0.1, 0.15) is 18.2 Å². The van der Waals surface area contributed by atoms with E-state index in [0.29, 0.717) is 13.2 Å². The van der Waals surface area contributed by atoms with Crippen molar-refractivity contribution in [3.05, 3.63) is 11.9 Å². The first kappa shape index (κ1) is 18.2. The van der Waals surface area contributed by atoms with Crippen LogP contribution in [-0.4, -0.2) is 71.6 Å². The molecule has 2 amide bonds. The summed E-state index contributed by atoms with van der Waals surface area (Å²) in [4.78, 5) is 23.9. The third kappa shape index (κ3) is 3.77. The number of rotatable bonds is 4. The molecule has 2 N–H and O–H groups in total. The van der Waals surface area contributed by atoms with Crippen LogP contribution in [-0.2, 0) is 14.2 Å². The van der Waals surface area contributed by atoms with Crippen LogP contribution in [0.5, 0.6) is 0 Å². The third-order valence-corrected chi connectivity index (χ3v) is 5.53. The van der Waals surface area contributed by atoms with Crippen LogP contribution in [0.25, 0.3) is 0 Å². The fourth-order valence-electron chi connectivity index (χ4n) is 4.11. The molecule has 3 heterocycles. The minimum atomic E-state index is -0.539. The van der Waals surface area contributed by atoms with Gasteiger partial charge in [-0.05, 0) is 12.8 Å². The maximum atomic E-state index is 12.3. The summed E-state index contributed by atoms with van der Waals surface area (Å²) in [5.74, 6) is -0.539. The van der Waals surface area contributed by atoms with Gasteiger partial charge in [-0.2, -0.15) is 0 Å². The fraction of sp³-hybridized carbons (Fsp3) is 0.765.